The van der Waals surface area contributed by atoms with E-state index >= 15 is 0 Å². The Morgan fingerprint density at radius 1 is 1.24 bits per heavy atom. The third-order valence-electron chi connectivity index (χ3n) is 4.91. The first-order valence-electron chi connectivity index (χ1n) is 10.3. The number of hydrogen-bond acceptors (Lipinski definition) is 8. The summed E-state index contributed by atoms with van der Waals surface area (Å²) < 4.78 is 12.7. The van der Waals surface area contributed by atoms with E-state index in [0.717, 1.165) is 10.6 Å². The van der Waals surface area contributed by atoms with Crippen LogP contribution in [0.25, 0.3) is 16.4 Å². The van der Waals surface area contributed by atoms with Crippen LogP contribution in [0, 0.1) is 0 Å². The predicted molar refractivity (Wildman–Crippen MR) is 127 cm³/mol. The Morgan fingerprint density at radius 3 is 2.79 bits per heavy atom. The van der Waals surface area contributed by atoms with Gasteiger partial charge in [-0.1, -0.05) is 30.0 Å². The number of thiophene rings is 1. The fourth-order valence-corrected chi connectivity index (χ4v) is 5.10. The molecule has 3 heterocycles. The van der Waals surface area contributed by atoms with Crippen molar-refractivity contribution in [1.82, 2.24) is 25.4 Å². The summed E-state index contributed by atoms with van der Waals surface area (Å²) in [6, 6.07) is 10.7. The Kier molecular flexibility index (Phi) is 6.99. The van der Waals surface area contributed by atoms with Gasteiger partial charge in [-0.2, -0.15) is 0 Å². The van der Waals surface area contributed by atoms with Crippen molar-refractivity contribution in [2.75, 3.05) is 19.5 Å². The third kappa shape index (κ3) is 4.74. The number of carbonyl (C=O) groups is 2. The van der Waals surface area contributed by atoms with E-state index in [4.69, 9.17) is 9.47 Å². The number of methoxy groups -OCH3 is 1. The molecule has 2 aromatic heterocycles. The Balaban J connectivity index is 1.73. The minimum absolute atomic E-state index is 0.246. The lowest BCUT2D eigenvalue weighted by atomic mass is 10.1. The molecular weight excluding hydrogens is 462 g/mol. The normalized spacial score (nSPS) is 15.7. The second kappa shape index (κ2) is 10.1. The average molecular weight is 486 g/mol. The lowest BCUT2D eigenvalue weighted by Gasteiger charge is -2.26. The van der Waals surface area contributed by atoms with Crippen LogP contribution >= 0.6 is 23.1 Å². The van der Waals surface area contributed by atoms with Crippen molar-refractivity contribution >= 4 is 35.1 Å². The van der Waals surface area contributed by atoms with Gasteiger partial charge in [0.1, 0.15) is 5.75 Å². The number of para-hydroxylation sites is 2. The number of ether oxygens (including phenoxy) is 2. The van der Waals surface area contributed by atoms with Gasteiger partial charge in [-0.15, -0.1) is 21.5 Å². The number of nitrogens with zero attached hydrogens (tertiary/aromatic N) is 3. The molecule has 9 nitrogen and oxygen atoms in total. The molecule has 0 bridgehead atoms. The molecule has 1 aliphatic rings. The van der Waals surface area contributed by atoms with E-state index in [0.29, 0.717) is 33.8 Å². The molecule has 0 spiro atoms. The highest BCUT2D eigenvalue weighted by atomic mass is 32.2. The van der Waals surface area contributed by atoms with Gasteiger partial charge in [-0.05, 0) is 37.4 Å². The number of rotatable bonds is 8. The number of aromatic nitrogens is 3. The molecule has 1 aromatic carbocycles. The summed E-state index contributed by atoms with van der Waals surface area (Å²) in [6.45, 7) is 3.74. The summed E-state index contributed by atoms with van der Waals surface area (Å²) in [4.78, 5) is 25.6. The van der Waals surface area contributed by atoms with E-state index in [1.165, 1.54) is 11.8 Å². The molecule has 33 heavy (non-hydrogen) atoms. The molecule has 0 saturated heterocycles. The molecule has 3 aromatic rings. The van der Waals surface area contributed by atoms with E-state index in [1.807, 2.05) is 46.3 Å². The molecule has 1 aliphatic heterocycles. The van der Waals surface area contributed by atoms with Crippen LogP contribution in [-0.2, 0) is 9.53 Å². The first kappa shape index (κ1) is 22.9. The standard InChI is InChI=1S/C22H23N5O4S2/c1-4-31-20(28)18-13(2)23-21(29)24-14(18)12-33-22-26-25-19(17-10-7-11-32-17)27(22)15-8-5-6-9-16(15)30-3/h5-11,13H,4,12H2,1-3H3,(H2,23,24,29)/t13-/m0/s1. The number of carbonyl (C=O) groups excluding carboxylic acids is 2. The molecule has 0 saturated carbocycles. The summed E-state index contributed by atoms with van der Waals surface area (Å²) >= 11 is 2.92. The van der Waals surface area contributed by atoms with Gasteiger partial charge in [0.2, 0.25) is 0 Å². The van der Waals surface area contributed by atoms with Gasteiger partial charge in [0.25, 0.3) is 0 Å². The lowest BCUT2D eigenvalue weighted by Crippen LogP contribution is -2.49. The Bertz CT molecular complexity index is 1190. The number of thioether (sulfide) groups is 1. The number of esters is 1. The van der Waals surface area contributed by atoms with Gasteiger partial charge in [0.15, 0.2) is 11.0 Å². The van der Waals surface area contributed by atoms with Crippen molar-refractivity contribution in [3.8, 4) is 22.1 Å². The van der Waals surface area contributed by atoms with Crippen molar-refractivity contribution in [3.63, 3.8) is 0 Å². The molecule has 2 amide bonds. The smallest absolute Gasteiger partial charge is 0.337 e. The Morgan fingerprint density at radius 2 is 2.06 bits per heavy atom. The largest absolute Gasteiger partial charge is 0.495 e. The molecule has 0 fully saturated rings. The van der Waals surface area contributed by atoms with Crippen molar-refractivity contribution in [2.45, 2.75) is 25.0 Å². The Hall–Kier alpha value is -3.31. The fraction of sp³-hybridized carbons (Fsp3) is 0.273. The van der Waals surface area contributed by atoms with Gasteiger partial charge >= 0.3 is 12.0 Å². The highest BCUT2D eigenvalue weighted by molar-refractivity contribution is 7.99. The monoisotopic (exact) mass is 485 g/mol. The van der Waals surface area contributed by atoms with Gasteiger partial charge in [0.05, 0.1) is 35.9 Å². The molecule has 2 N–H and O–H groups in total. The number of hydrogen-bond donors (Lipinski definition) is 2. The number of benzene rings is 1. The minimum atomic E-state index is -0.470. The van der Waals surface area contributed by atoms with Crippen LogP contribution in [0.4, 0.5) is 4.79 Å². The van der Waals surface area contributed by atoms with E-state index in [1.54, 1.807) is 32.3 Å². The van der Waals surface area contributed by atoms with Gasteiger partial charge < -0.3 is 20.1 Å². The van der Waals surface area contributed by atoms with Gasteiger partial charge in [0, 0.05) is 11.4 Å². The highest BCUT2D eigenvalue weighted by Gasteiger charge is 2.30. The average Bonchev–Trinajstić information content (AvgIpc) is 3.47. The molecule has 4 rings (SSSR count). The van der Waals surface area contributed by atoms with Gasteiger partial charge in [-0.3, -0.25) is 4.57 Å². The zero-order valence-corrected chi connectivity index (χ0v) is 20.0. The molecule has 0 unspecified atom stereocenters. The van der Waals surface area contributed by atoms with Crippen LogP contribution in [-0.4, -0.2) is 52.3 Å². The van der Waals surface area contributed by atoms with E-state index < -0.39 is 12.0 Å². The fourth-order valence-electron chi connectivity index (χ4n) is 3.49. The maximum Gasteiger partial charge on any atom is 0.337 e. The van der Waals surface area contributed by atoms with Crippen LogP contribution in [0.5, 0.6) is 5.75 Å². The molecule has 172 valence electrons. The Labute approximate surface area is 199 Å². The van der Waals surface area contributed by atoms with Crippen LogP contribution < -0.4 is 15.4 Å². The topological polar surface area (TPSA) is 107 Å². The molecule has 11 heteroatoms. The predicted octanol–water partition coefficient (Wildman–Crippen LogP) is 3.62. The summed E-state index contributed by atoms with van der Waals surface area (Å²) in [6.07, 6.45) is 0. The van der Waals surface area contributed by atoms with Gasteiger partial charge in [-0.25, -0.2) is 9.59 Å². The quantitative estimate of drug-likeness (QED) is 0.371. The van der Waals surface area contributed by atoms with E-state index in [9.17, 15) is 9.59 Å². The summed E-state index contributed by atoms with van der Waals surface area (Å²) in [5.74, 6) is 1.19. The summed E-state index contributed by atoms with van der Waals surface area (Å²) in [7, 11) is 1.61. The molecule has 1 atom stereocenters. The van der Waals surface area contributed by atoms with Crippen LogP contribution in [0.2, 0.25) is 0 Å². The van der Waals surface area contributed by atoms with Crippen molar-refractivity contribution < 1.29 is 19.1 Å². The van der Waals surface area contributed by atoms with Crippen molar-refractivity contribution in [2.24, 2.45) is 0 Å². The second-order valence-electron chi connectivity index (χ2n) is 7.01. The zero-order chi connectivity index (χ0) is 23.4. The molecular formula is C22H23N5O4S2. The third-order valence-corrected chi connectivity index (χ3v) is 6.73. The van der Waals surface area contributed by atoms with Crippen molar-refractivity contribution in [1.29, 1.82) is 0 Å². The van der Waals surface area contributed by atoms with Crippen LogP contribution in [0.15, 0.2) is 58.2 Å². The van der Waals surface area contributed by atoms with E-state index in [2.05, 4.69) is 20.8 Å². The minimum Gasteiger partial charge on any atom is -0.495 e. The number of urea groups is 1. The van der Waals surface area contributed by atoms with Crippen LogP contribution in [0.3, 0.4) is 0 Å². The number of nitrogens with one attached hydrogen (secondary N) is 2. The molecule has 0 radical (unpaired) electrons. The maximum atomic E-state index is 12.5. The summed E-state index contributed by atoms with van der Waals surface area (Å²) in [5, 5.41) is 16.9. The van der Waals surface area contributed by atoms with Crippen LogP contribution in [0.1, 0.15) is 13.8 Å². The second-order valence-corrected chi connectivity index (χ2v) is 8.90. The lowest BCUT2D eigenvalue weighted by molar-refractivity contribution is -0.138. The zero-order valence-electron chi connectivity index (χ0n) is 18.3. The first-order chi connectivity index (χ1) is 16.0. The van der Waals surface area contributed by atoms with E-state index in [-0.39, 0.29) is 12.6 Å². The number of amides is 2. The first-order valence-corrected chi connectivity index (χ1v) is 12.1. The SMILES string of the molecule is CCOC(=O)C1=C(CSc2nnc(-c3cccs3)n2-c2ccccc2OC)NC(=O)N[C@H]1C. The van der Waals surface area contributed by atoms with Crippen molar-refractivity contribution in [3.05, 3.63) is 53.0 Å². The summed E-state index contributed by atoms with van der Waals surface area (Å²) in [5.41, 5.74) is 1.67. The highest BCUT2D eigenvalue weighted by Crippen LogP contribution is 2.34. The maximum absolute atomic E-state index is 12.5. The molecule has 0 aliphatic carbocycles.